The largest absolute Gasteiger partial charge is 0.398 e. The van der Waals surface area contributed by atoms with Crippen LogP contribution in [0.4, 0.5) is 17.1 Å². The molecular weight excluding hydrogens is 254 g/mol. The number of hydrogen-bond acceptors (Lipinski definition) is 4. The number of nitrogens with one attached hydrogen (secondary N) is 1. The molecule has 1 aromatic carbocycles. The van der Waals surface area contributed by atoms with Crippen molar-refractivity contribution in [3.05, 3.63) is 42.0 Å². The van der Waals surface area contributed by atoms with E-state index >= 15 is 0 Å². The fourth-order valence-corrected chi connectivity index (χ4v) is 1.75. The van der Waals surface area contributed by atoms with E-state index in [4.69, 9.17) is 5.73 Å². The standard InChI is InChI=1S/C15H15N3O2/c1-9-7-14(15(8-13(9)16)17-10(2)19)18-11-3-5-12(20)6-4-11/h3-8H,16H2,1-2H3,(H,17,19). The van der Waals surface area contributed by atoms with Crippen LogP contribution in [-0.4, -0.2) is 17.4 Å². The van der Waals surface area contributed by atoms with Gasteiger partial charge in [0.1, 0.15) is 0 Å². The Labute approximate surface area is 116 Å². The lowest BCUT2D eigenvalue weighted by Gasteiger charge is -2.10. The van der Waals surface area contributed by atoms with Gasteiger partial charge in [0.2, 0.25) is 5.91 Å². The molecule has 102 valence electrons. The first-order valence-electron chi connectivity index (χ1n) is 6.12. The van der Waals surface area contributed by atoms with E-state index in [9.17, 15) is 9.59 Å². The number of hydrogen-bond donors (Lipinski definition) is 2. The van der Waals surface area contributed by atoms with Crippen molar-refractivity contribution < 1.29 is 9.59 Å². The van der Waals surface area contributed by atoms with E-state index in [0.29, 0.717) is 22.8 Å². The highest BCUT2D eigenvalue weighted by molar-refractivity contribution is 6.17. The Bertz CT molecular complexity index is 652. The van der Waals surface area contributed by atoms with Gasteiger partial charge in [-0.25, -0.2) is 4.99 Å². The second kappa shape index (κ2) is 5.52. The van der Waals surface area contributed by atoms with Crippen LogP contribution in [0.2, 0.25) is 0 Å². The Morgan fingerprint density at radius 2 is 1.85 bits per heavy atom. The second-order valence-corrected chi connectivity index (χ2v) is 4.51. The summed E-state index contributed by atoms with van der Waals surface area (Å²) in [5, 5.41) is 2.70. The summed E-state index contributed by atoms with van der Waals surface area (Å²) in [4.78, 5) is 26.7. The van der Waals surface area contributed by atoms with Gasteiger partial charge in [-0.1, -0.05) is 0 Å². The number of anilines is 2. The molecular formula is C15H15N3O2. The lowest BCUT2D eigenvalue weighted by molar-refractivity contribution is -0.114. The molecule has 0 radical (unpaired) electrons. The SMILES string of the molecule is CC(=O)Nc1cc(N)c(C)cc1N=C1C=CC(=O)C=C1. The molecule has 0 aromatic heterocycles. The van der Waals surface area contributed by atoms with Gasteiger partial charge in [0.25, 0.3) is 0 Å². The fourth-order valence-electron chi connectivity index (χ4n) is 1.75. The molecule has 0 heterocycles. The number of allylic oxidation sites excluding steroid dienone is 4. The number of ketones is 1. The highest BCUT2D eigenvalue weighted by Gasteiger charge is 2.08. The predicted molar refractivity (Wildman–Crippen MR) is 80.3 cm³/mol. The van der Waals surface area contributed by atoms with Crippen LogP contribution >= 0.6 is 0 Å². The van der Waals surface area contributed by atoms with Crippen molar-refractivity contribution in [2.45, 2.75) is 13.8 Å². The third kappa shape index (κ3) is 3.20. The Kier molecular flexibility index (Phi) is 3.79. The summed E-state index contributed by atoms with van der Waals surface area (Å²) in [6.45, 7) is 3.29. The first kappa shape index (κ1) is 13.7. The molecule has 5 nitrogen and oxygen atoms in total. The number of benzene rings is 1. The molecule has 0 bridgehead atoms. The number of amides is 1. The van der Waals surface area contributed by atoms with Crippen molar-refractivity contribution in [1.82, 2.24) is 0 Å². The van der Waals surface area contributed by atoms with Gasteiger partial charge in [-0.3, -0.25) is 9.59 Å². The minimum Gasteiger partial charge on any atom is -0.398 e. The van der Waals surface area contributed by atoms with Crippen molar-refractivity contribution in [2.24, 2.45) is 4.99 Å². The van der Waals surface area contributed by atoms with Crippen LogP contribution in [0.25, 0.3) is 0 Å². The van der Waals surface area contributed by atoms with Crippen LogP contribution < -0.4 is 11.1 Å². The average Bonchev–Trinajstić information content (AvgIpc) is 2.37. The van der Waals surface area contributed by atoms with Crippen molar-refractivity contribution in [2.75, 3.05) is 11.1 Å². The molecule has 0 spiro atoms. The summed E-state index contributed by atoms with van der Waals surface area (Å²) in [7, 11) is 0. The maximum absolute atomic E-state index is 11.2. The Morgan fingerprint density at radius 1 is 1.20 bits per heavy atom. The molecule has 20 heavy (non-hydrogen) atoms. The highest BCUT2D eigenvalue weighted by Crippen LogP contribution is 2.30. The molecule has 0 saturated heterocycles. The number of nitrogens with two attached hydrogens (primary N) is 1. The van der Waals surface area contributed by atoms with Gasteiger partial charge in [0, 0.05) is 12.6 Å². The average molecular weight is 269 g/mol. The summed E-state index contributed by atoms with van der Waals surface area (Å²) >= 11 is 0. The smallest absolute Gasteiger partial charge is 0.221 e. The Hall–Kier alpha value is -2.69. The van der Waals surface area contributed by atoms with Crippen LogP contribution in [0.5, 0.6) is 0 Å². The zero-order valence-corrected chi connectivity index (χ0v) is 11.3. The molecule has 1 aromatic rings. The molecule has 0 unspecified atom stereocenters. The van der Waals surface area contributed by atoms with Crippen molar-refractivity contribution in [3.63, 3.8) is 0 Å². The van der Waals surface area contributed by atoms with Crippen molar-refractivity contribution in [3.8, 4) is 0 Å². The van der Waals surface area contributed by atoms with Gasteiger partial charge in [-0.05, 0) is 48.9 Å². The molecule has 1 aliphatic carbocycles. The van der Waals surface area contributed by atoms with E-state index in [1.54, 1.807) is 24.3 Å². The second-order valence-electron chi connectivity index (χ2n) is 4.51. The number of nitrogen functional groups attached to an aromatic ring is 1. The third-order valence-electron chi connectivity index (χ3n) is 2.78. The first-order chi connectivity index (χ1) is 9.45. The number of aliphatic imine (C=N–C) groups is 1. The Balaban J connectivity index is 2.44. The quantitative estimate of drug-likeness (QED) is 0.638. The van der Waals surface area contributed by atoms with Gasteiger partial charge in [0.15, 0.2) is 5.78 Å². The molecule has 2 rings (SSSR count). The van der Waals surface area contributed by atoms with E-state index in [-0.39, 0.29) is 11.7 Å². The van der Waals surface area contributed by atoms with Gasteiger partial charge < -0.3 is 11.1 Å². The first-order valence-corrected chi connectivity index (χ1v) is 6.12. The molecule has 0 atom stereocenters. The van der Waals surface area contributed by atoms with Crippen molar-refractivity contribution >= 4 is 34.5 Å². The predicted octanol–water partition coefficient (Wildman–Crippen LogP) is 2.30. The number of carbonyl (C=O) groups is 2. The lowest BCUT2D eigenvalue weighted by atomic mass is 10.1. The third-order valence-corrected chi connectivity index (χ3v) is 2.78. The number of rotatable bonds is 2. The zero-order chi connectivity index (χ0) is 14.7. The number of carbonyl (C=O) groups excluding carboxylic acids is 2. The van der Waals surface area contributed by atoms with E-state index < -0.39 is 0 Å². The minimum atomic E-state index is -0.195. The molecule has 0 saturated carbocycles. The monoisotopic (exact) mass is 269 g/mol. The van der Waals surface area contributed by atoms with Crippen LogP contribution in [0, 0.1) is 6.92 Å². The number of nitrogens with zero attached hydrogens (tertiary/aromatic N) is 1. The normalized spacial score (nSPS) is 13.5. The van der Waals surface area contributed by atoms with E-state index in [0.717, 1.165) is 5.56 Å². The van der Waals surface area contributed by atoms with Crippen molar-refractivity contribution in [1.29, 1.82) is 0 Å². The fraction of sp³-hybridized carbons (Fsp3) is 0.133. The van der Waals surface area contributed by atoms with E-state index in [1.807, 2.05) is 6.92 Å². The molecule has 0 aliphatic heterocycles. The maximum Gasteiger partial charge on any atom is 0.221 e. The van der Waals surface area contributed by atoms with E-state index in [1.165, 1.54) is 19.1 Å². The van der Waals surface area contributed by atoms with Crippen LogP contribution in [0.15, 0.2) is 41.4 Å². The molecule has 0 fully saturated rings. The molecule has 3 N–H and O–H groups in total. The summed E-state index contributed by atoms with van der Waals surface area (Å²) in [6, 6.07) is 3.48. The van der Waals surface area contributed by atoms with E-state index in [2.05, 4.69) is 10.3 Å². The van der Waals surface area contributed by atoms with Crippen LogP contribution in [0.1, 0.15) is 12.5 Å². The maximum atomic E-state index is 11.2. The van der Waals surface area contributed by atoms with Crippen LogP contribution in [0.3, 0.4) is 0 Å². The molecule has 1 amide bonds. The number of aryl methyl sites for hydroxylation is 1. The highest BCUT2D eigenvalue weighted by atomic mass is 16.1. The summed E-state index contributed by atoms with van der Waals surface area (Å²) < 4.78 is 0. The summed E-state index contributed by atoms with van der Waals surface area (Å²) in [5.41, 5.74) is 9.09. The minimum absolute atomic E-state index is 0.0699. The zero-order valence-electron chi connectivity index (χ0n) is 11.3. The van der Waals surface area contributed by atoms with Gasteiger partial charge in [-0.2, -0.15) is 0 Å². The van der Waals surface area contributed by atoms with Gasteiger partial charge in [0.05, 0.1) is 17.1 Å². The topological polar surface area (TPSA) is 84.6 Å². The lowest BCUT2D eigenvalue weighted by Crippen LogP contribution is -2.07. The molecule has 1 aliphatic rings. The summed E-state index contributed by atoms with van der Waals surface area (Å²) in [5.74, 6) is -0.265. The van der Waals surface area contributed by atoms with Gasteiger partial charge in [-0.15, -0.1) is 0 Å². The van der Waals surface area contributed by atoms with Gasteiger partial charge >= 0.3 is 0 Å². The summed E-state index contributed by atoms with van der Waals surface area (Å²) in [6.07, 6.45) is 6.15. The van der Waals surface area contributed by atoms with Crippen LogP contribution in [-0.2, 0) is 9.59 Å². The molecule has 5 heteroatoms. The Morgan fingerprint density at radius 3 is 2.45 bits per heavy atom.